The van der Waals surface area contributed by atoms with Gasteiger partial charge in [-0.2, -0.15) is 10.5 Å². The number of benzene rings is 3. The van der Waals surface area contributed by atoms with E-state index in [1.54, 1.807) is 12.1 Å². The highest BCUT2D eigenvalue weighted by molar-refractivity contribution is 7.99. The zero-order chi connectivity index (χ0) is 25.9. The Balaban J connectivity index is 1.76. The zero-order valence-corrected chi connectivity index (χ0v) is 22.0. The highest BCUT2D eigenvalue weighted by Gasteiger charge is 2.24. The number of nitrogens with zero attached hydrogens (tertiary/aromatic N) is 4. The standard InChI is InChI=1S/C29H18ClN5S2/c1-17-6-10-20(11-7-17)36-28-22(14-18-4-2-3-5-25(18)34-28)26-23(15-31)27(33)35-29(24(26)16-32)37-21-12-8-19(30)9-13-21/h2-14H,1H3,(H2,33,35). The molecular weight excluding hydrogens is 518 g/mol. The van der Waals surface area contributed by atoms with Gasteiger partial charge in [-0.25, -0.2) is 9.97 Å². The number of hydrogen-bond acceptors (Lipinski definition) is 7. The largest absolute Gasteiger partial charge is 0.383 e. The molecule has 0 radical (unpaired) electrons. The molecule has 0 fully saturated rings. The van der Waals surface area contributed by atoms with Gasteiger partial charge in [0.2, 0.25) is 0 Å². The first-order chi connectivity index (χ1) is 18.0. The summed E-state index contributed by atoms with van der Waals surface area (Å²) < 4.78 is 0. The third kappa shape index (κ3) is 5.12. The summed E-state index contributed by atoms with van der Waals surface area (Å²) in [5, 5.41) is 23.0. The van der Waals surface area contributed by atoms with E-state index < -0.39 is 0 Å². The number of pyridine rings is 2. The van der Waals surface area contributed by atoms with Gasteiger partial charge in [0.1, 0.15) is 33.6 Å². The smallest absolute Gasteiger partial charge is 0.143 e. The minimum absolute atomic E-state index is 0.0624. The predicted octanol–water partition coefficient (Wildman–Crippen LogP) is 7.89. The van der Waals surface area contributed by atoms with Crippen LogP contribution in [0.5, 0.6) is 0 Å². The maximum Gasteiger partial charge on any atom is 0.143 e. The summed E-state index contributed by atoms with van der Waals surface area (Å²) in [7, 11) is 0. The van der Waals surface area contributed by atoms with Crippen molar-refractivity contribution in [1.29, 1.82) is 10.5 Å². The molecule has 0 atom stereocenters. The molecule has 0 aliphatic heterocycles. The second-order valence-corrected chi connectivity index (χ2v) is 10.7. The Morgan fingerprint density at radius 1 is 0.784 bits per heavy atom. The predicted molar refractivity (Wildman–Crippen MR) is 150 cm³/mol. The average molecular weight is 536 g/mol. The van der Waals surface area contributed by atoms with Crippen molar-refractivity contribution < 1.29 is 0 Å². The second-order valence-electron chi connectivity index (χ2n) is 8.16. The van der Waals surface area contributed by atoms with Crippen molar-refractivity contribution in [2.75, 3.05) is 5.73 Å². The van der Waals surface area contributed by atoms with E-state index in [1.165, 1.54) is 23.5 Å². The number of halogens is 1. The third-order valence-electron chi connectivity index (χ3n) is 5.64. The lowest BCUT2D eigenvalue weighted by molar-refractivity contribution is 1.10. The first-order valence-corrected chi connectivity index (χ1v) is 13.2. The molecule has 0 bridgehead atoms. The van der Waals surface area contributed by atoms with Crippen molar-refractivity contribution in [2.45, 2.75) is 26.8 Å². The van der Waals surface area contributed by atoms with Crippen LogP contribution in [-0.4, -0.2) is 9.97 Å². The lowest BCUT2D eigenvalue weighted by Gasteiger charge is -2.16. The van der Waals surface area contributed by atoms with Gasteiger partial charge in [0.05, 0.1) is 11.1 Å². The Labute approximate surface area is 227 Å². The van der Waals surface area contributed by atoms with Gasteiger partial charge in [0, 0.05) is 31.3 Å². The van der Waals surface area contributed by atoms with Gasteiger partial charge in [-0.3, -0.25) is 0 Å². The molecule has 5 aromatic rings. The maximum atomic E-state index is 10.3. The van der Waals surface area contributed by atoms with Gasteiger partial charge in [0.15, 0.2) is 0 Å². The molecule has 0 spiro atoms. The summed E-state index contributed by atoms with van der Waals surface area (Å²) in [5.41, 5.74) is 9.78. The van der Waals surface area contributed by atoms with Crippen LogP contribution in [0, 0.1) is 29.6 Å². The summed E-state index contributed by atoms with van der Waals surface area (Å²) in [6.45, 7) is 2.03. The van der Waals surface area contributed by atoms with Crippen LogP contribution in [0.25, 0.3) is 22.0 Å². The fourth-order valence-electron chi connectivity index (χ4n) is 3.83. The number of fused-ring (bicyclic) bond motifs is 1. The van der Waals surface area contributed by atoms with Crippen molar-refractivity contribution >= 4 is 51.8 Å². The number of anilines is 1. The van der Waals surface area contributed by atoms with Gasteiger partial charge in [0.25, 0.3) is 0 Å². The Kier molecular flexibility index (Phi) is 7.03. The van der Waals surface area contributed by atoms with E-state index in [-0.39, 0.29) is 16.9 Å². The normalized spacial score (nSPS) is 10.7. The van der Waals surface area contributed by atoms with Crippen LogP contribution < -0.4 is 5.73 Å². The van der Waals surface area contributed by atoms with E-state index >= 15 is 0 Å². The van der Waals surface area contributed by atoms with E-state index in [4.69, 9.17) is 22.3 Å². The van der Waals surface area contributed by atoms with Gasteiger partial charge in [-0.05, 0) is 55.5 Å². The SMILES string of the molecule is Cc1ccc(Sc2nc3ccccc3cc2-c2c(C#N)c(N)nc(Sc3ccc(Cl)cc3)c2C#N)cc1. The van der Waals surface area contributed by atoms with Gasteiger partial charge in [-0.15, -0.1) is 0 Å². The Bertz CT molecular complexity index is 1720. The fraction of sp³-hybridized carbons (Fsp3) is 0.0345. The van der Waals surface area contributed by atoms with Crippen molar-refractivity contribution in [2.24, 2.45) is 0 Å². The molecular formula is C29H18ClN5S2. The van der Waals surface area contributed by atoms with Gasteiger partial charge >= 0.3 is 0 Å². The lowest BCUT2D eigenvalue weighted by Crippen LogP contribution is -2.04. The van der Waals surface area contributed by atoms with Gasteiger partial charge in [-0.1, -0.05) is 71.0 Å². The topological polar surface area (TPSA) is 99.4 Å². The highest BCUT2D eigenvalue weighted by atomic mass is 35.5. The minimum atomic E-state index is 0.0624. The molecule has 0 aliphatic carbocycles. The zero-order valence-electron chi connectivity index (χ0n) is 19.6. The van der Waals surface area contributed by atoms with E-state index in [2.05, 4.69) is 17.1 Å². The molecule has 0 saturated heterocycles. The molecule has 37 heavy (non-hydrogen) atoms. The molecule has 0 saturated carbocycles. The first kappa shape index (κ1) is 24.7. The summed E-state index contributed by atoms with van der Waals surface area (Å²) in [6, 6.07) is 29.6. The summed E-state index contributed by atoms with van der Waals surface area (Å²) in [4.78, 5) is 11.2. The molecule has 2 aromatic heterocycles. The average Bonchev–Trinajstić information content (AvgIpc) is 2.90. The number of rotatable bonds is 5. The number of para-hydroxylation sites is 1. The molecule has 0 aliphatic rings. The van der Waals surface area contributed by atoms with Crippen LogP contribution >= 0.6 is 35.1 Å². The van der Waals surface area contributed by atoms with Crippen molar-refractivity contribution in [3.8, 4) is 23.3 Å². The molecule has 2 N–H and O–H groups in total. The molecule has 2 heterocycles. The van der Waals surface area contributed by atoms with E-state index in [0.29, 0.717) is 26.2 Å². The van der Waals surface area contributed by atoms with E-state index in [9.17, 15) is 10.5 Å². The number of aryl methyl sites for hydroxylation is 1. The minimum Gasteiger partial charge on any atom is -0.383 e. The highest BCUT2D eigenvalue weighted by Crippen LogP contribution is 2.43. The van der Waals surface area contributed by atoms with E-state index in [1.807, 2.05) is 73.7 Å². The Hall–Kier alpha value is -4.01. The Morgan fingerprint density at radius 2 is 1.41 bits per heavy atom. The second kappa shape index (κ2) is 10.5. The molecule has 5 nitrogen and oxygen atoms in total. The number of nitrogen functional groups attached to an aromatic ring is 1. The lowest BCUT2D eigenvalue weighted by atomic mass is 9.97. The third-order valence-corrected chi connectivity index (χ3v) is 7.90. The summed E-state index contributed by atoms with van der Waals surface area (Å²) >= 11 is 8.81. The van der Waals surface area contributed by atoms with Crippen LogP contribution in [-0.2, 0) is 0 Å². The molecule has 5 rings (SSSR count). The summed E-state index contributed by atoms with van der Waals surface area (Å²) in [5.74, 6) is 0.0624. The Morgan fingerprint density at radius 3 is 2.08 bits per heavy atom. The summed E-state index contributed by atoms with van der Waals surface area (Å²) in [6.07, 6.45) is 0. The molecule has 0 amide bonds. The van der Waals surface area contributed by atoms with Crippen LogP contribution in [0.4, 0.5) is 5.82 Å². The molecule has 8 heteroatoms. The van der Waals surface area contributed by atoms with Crippen molar-refractivity contribution in [1.82, 2.24) is 9.97 Å². The van der Waals surface area contributed by atoms with Crippen LogP contribution in [0.1, 0.15) is 16.7 Å². The quantitative estimate of drug-likeness (QED) is 0.244. The van der Waals surface area contributed by atoms with Crippen LogP contribution in [0.2, 0.25) is 5.02 Å². The van der Waals surface area contributed by atoms with Gasteiger partial charge < -0.3 is 5.73 Å². The van der Waals surface area contributed by atoms with Crippen LogP contribution in [0.3, 0.4) is 0 Å². The number of nitrogens with two attached hydrogens (primary N) is 1. The fourth-order valence-corrected chi connectivity index (χ4v) is 5.75. The monoisotopic (exact) mass is 535 g/mol. The van der Waals surface area contributed by atoms with Crippen LogP contribution in [0.15, 0.2) is 98.7 Å². The molecule has 3 aromatic carbocycles. The first-order valence-electron chi connectivity index (χ1n) is 11.2. The number of aromatic nitrogens is 2. The number of nitriles is 2. The number of hydrogen-bond donors (Lipinski definition) is 1. The maximum absolute atomic E-state index is 10.3. The van der Waals surface area contributed by atoms with E-state index in [0.717, 1.165) is 26.3 Å². The molecule has 178 valence electrons. The van der Waals surface area contributed by atoms with Crippen molar-refractivity contribution in [3.05, 3.63) is 101 Å². The molecule has 0 unspecified atom stereocenters. The van der Waals surface area contributed by atoms with Crippen molar-refractivity contribution in [3.63, 3.8) is 0 Å².